The Morgan fingerprint density at radius 3 is 2.62 bits per heavy atom. The number of hydrazine groups is 1. The van der Waals surface area contributed by atoms with E-state index in [4.69, 9.17) is 10.6 Å². The molecule has 5 nitrogen and oxygen atoms in total. The van der Waals surface area contributed by atoms with Crippen LogP contribution in [0, 0.1) is 0 Å². The molecule has 0 saturated carbocycles. The van der Waals surface area contributed by atoms with Gasteiger partial charge in [-0.1, -0.05) is 28.1 Å². The Morgan fingerprint density at radius 2 is 2.00 bits per heavy atom. The van der Waals surface area contributed by atoms with Crippen LogP contribution in [0.25, 0.3) is 0 Å². The third-order valence-corrected chi connectivity index (χ3v) is 2.89. The number of benzene rings is 1. The predicted octanol–water partition coefficient (Wildman–Crippen LogP) is 3.12. The maximum atomic E-state index is 12.7. The van der Waals surface area contributed by atoms with Crippen molar-refractivity contribution in [3.8, 4) is 5.88 Å². The molecule has 3 N–H and O–H groups in total. The molecule has 0 atom stereocenters. The Bertz CT molecular complexity index is 636. The van der Waals surface area contributed by atoms with Gasteiger partial charge in [-0.2, -0.15) is 18.2 Å². The molecule has 9 heteroatoms. The van der Waals surface area contributed by atoms with Crippen molar-refractivity contribution in [2.24, 2.45) is 5.84 Å². The molecule has 0 amide bonds. The lowest BCUT2D eigenvalue weighted by Crippen LogP contribution is -2.16. The number of alkyl halides is 3. The zero-order valence-electron chi connectivity index (χ0n) is 10.5. The molecule has 0 radical (unpaired) electrons. The Balaban J connectivity index is 2.19. The molecular weight excluding hydrogens is 353 g/mol. The molecule has 0 spiro atoms. The van der Waals surface area contributed by atoms with Gasteiger partial charge in [-0.05, 0) is 17.7 Å². The molecular formula is C12H10BrF3N4O. The lowest BCUT2D eigenvalue weighted by Gasteiger charge is -2.11. The summed E-state index contributed by atoms with van der Waals surface area (Å²) in [6.45, 7) is 0.0672. The lowest BCUT2D eigenvalue weighted by atomic mass is 10.2. The van der Waals surface area contributed by atoms with Crippen LogP contribution < -0.4 is 16.0 Å². The molecule has 2 rings (SSSR count). The van der Waals surface area contributed by atoms with E-state index in [0.717, 1.165) is 16.1 Å². The van der Waals surface area contributed by atoms with Gasteiger partial charge in [0.2, 0.25) is 11.8 Å². The first-order valence-electron chi connectivity index (χ1n) is 5.68. The minimum Gasteiger partial charge on any atom is -0.473 e. The van der Waals surface area contributed by atoms with Gasteiger partial charge in [0, 0.05) is 10.5 Å². The van der Waals surface area contributed by atoms with E-state index in [2.05, 4.69) is 25.9 Å². The maximum absolute atomic E-state index is 12.7. The minimum atomic E-state index is -4.61. The van der Waals surface area contributed by atoms with Crippen molar-refractivity contribution in [2.75, 3.05) is 5.43 Å². The van der Waals surface area contributed by atoms with Crippen LogP contribution in [0.1, 0.15) is 11.3 Å². The van der Waals surface area contributed by atoms with E-state index in [0.29, 0.717) is 0 Å². The molecule has 0 bridgehead atoms. The van der Waals surface area contributed by atoms with Gasteiger partial charge in [-0.25, -0.2) is 10.8 Å². The van der Waals surface area contributed by atoms with Gasteiger partial charge >= 0.3 is 6.18 Å². The smallest absolute Gasteiger partial charge is 0.433 e. The zero-order valence-corrected chi connectivity index (χ0v) is 12.1. The van der Waals surface area contributed by atoms with Gasteiger partial charge in [0.1, 0.15) is 6.61 Å². The van der Waals surface area contributed by atoms with E-state index in [9.17, 15) is 13.2 Å². The summed E-state index contributed by atoms with van der Waals surface area (Å²) in [5.41, 5.74) is 1.62. The van der Waals surface area contributed by atoms with Crippen LogP contribution in [0.3, 0.4) is 0 Å². The fourth-order valence-corrected chi connectivity index (χ4v) is 1.94. The van der Waals surface area contributed by atoms with Crippen LogP contribution in [0.2, 0.25) is 0 Å². The van der Waals surface area contributed by atoms with Gasteiger partial charge in [0.05, 0.1) is 0 Å². The molecule has 1 heterocycles. The normalized spacial score (nSPS) is 11.3. The standard InChI is InChI=1S/C12H10BrF3N4O/c13-8-3-1-2-7(4-8)6-21-10-5-9(12(14,15)16)18-11(19-10)20-17/h1-5H,6,17H2,(H,18,19,20). The third kappa shape index (κ3) is 4.30. The number of nitrogen functional groups attached to an aromatic ring is 1. The largest absolute Gasteiger partial charge is 0.473 e. The molecule has 2 aromatic rings. The van der Waals surface area contributed by atoms with Crippen molar-refractivity contribution in [3.05, 3.63) is 46.1 Å². The average molecular weight is 363 g/mol. The Hall–Kier alpha value is -1.87. The second-order valence-corrected chi connectivity index (χ2v) is 4.89. The first-order valence-corrected chi connectivity index (χ1v) is 6.48. The van der Waals surface area contributed by atoms with Gasteiger partial charge in [-0.15, -0.1) is 0 Å². The van der Waals surface area contributed by atoms with Crippen LogP contribution in [-0.2, 0) is 12.8 Å². The molecule has 21 heavy (non-hydrogen) atoms. The predicted molar refractivity (Wildman–Crippen MR) is 73.3 cm³/mol. The number of hydrogen-bond acceptors (Lipinski definition) is 5. The van der Waals surface area contributed by atoms with Crippen LogP contribution in [0.5, 0.6) is 5.88 Å². The van der Waals surface area contributed by atoms with Gasteiger partial charge in [0.25, 0.3) is 0 Å². The molecule has 0 unspecified atom stereocenters. The van der Waals surface area contributed by atoms with Crippen molar-refractivity contribution in [2.45, 2.75) is 12.8 Å². The van der Waals surface area contributed by atoms with Crippen molar-refractivity contribution in [3.63, 3.8) is 0 Å². The number of nitrogens with zero attached hydrogens (tertiary/aromatic N) is 2. The minimum absolute atomic E-state index is 0.0672. The summed E-state index contributed by atoms with van der Waals surface area (Å²) in [6, 6.07) is 7.90. The molecule has 1 aromatic heterocycles. The molecule has 0 aliphatic carbocycles. The number of hydrogen-bond donors (Lipinski definition) is 2. The second kappa shape index (κ2) is 6.27. The number of rotatable bonds is 4. The highest BCUT2D eigenvalue weighted by molar-refractivity contribution is 9.10. The summed E-state index contributed by atoms with van der Waals surface area (Å²) >= 11 is 3.29. The zero-order chi connectivity index (χ0) is 15.5. The Kier molecular flexibility index (Phi) is 4.63. The van der Waals surface area contributed by atoms with Crippen LogP contribution in [0.15, 0.2) is 34.8 Å². The first kappa shape index (κ1) is 15.5. The summed E-state index contributed by atoms with van der Waals surface area (Å²) in [7, 11) is 0. The van der Waals surface area contributed by atoms with Crippen molar-refractivity contribution < 1.29 is 17.9 Å². The third-order valence-electron chi connectivity index (χ3n) is 2.40. The molecule has 0 aliphatic rings. The molecule has 0 saturated heterocycles. The molecule has 1 aromatic carbocycles. The molecule has 112 valence electrons. The summed E-state index contributed by atoms with van der Waals surface area (Å²) in [5.74, 6) is 4.47. The highest BCUT2D eigenvalue weighted by Gasteiger charge is 2.34. The van der Waals surface area contributed by atoms with Crippen LogP contribution in [-0.4, -0.2) is 9.97 Å². The van der Waals surface area contributed by atoms with E-state index in [1.54, 1.807) is 18.2 Å². The summed E-state index contributed by atoms with van der Waals surface area (Å²) in [5, 5.41) is 0. The number of nitrogens with two attached hydrogens (primary N) is 1. The van der Waals surface area contributed by atoms with E-state index in [1.807, 2.05) is 11.5 Å². The average Bonchev–Trinajstić information content (AvgIpc) is 2.44. The monoisotopic (exact) mass is 362 g/mol. The topological polar surface area (TPSA) is 73.1 Å². The van der Waals surface area contributed by atoms with E-state index in [-0.39, 0.29) is 18.4 Å². The van der Waals surface area contributed by atoms with Gasteiger partial charge < -0.3 is 4.74 Å². The second-order valence-electron chi connectivity index (χ2n) is 3.98. The fourth-order valence-electron chi connectivity index (χ4n) is 1.49. The van der Waals surface area contributed by atoms with Crippen molar-refractivity contribution in [1.82, 2.24) is 9.97 Å². The van der Waals surface area contributed by atoms with Gasteiger partial charge in [-0.3, -0.25) is 5.43 Å². The molecule has 0 fully saturated rings. The van der Waals surface area contributed by atoms with Crippen LogP contribution >= 0.6 is 15.9 Å². The summed E-state index contributed by atoms with van der Waals surface area (Å²) in [4.78, 5) is 6.95. The van der Waals surface area contributed by atoms with Crippen LogP contribution in [0.4, 0.5) is 19.1 Å². The van der Waals surface area contributed by atoms with E-state index in [1.165, 1.54) is 0 Å². The SMILES string of the molecule is NNc1nc(OCc2cccc(Br)c2)cc(C(F)(F)F)n1. The number of aromatic nitrogens is 2. The number of halogens is 4. The van der Waals surface area contributed by atoms with Gasteiger partial charge in [0.15, 0.2) is 5.69 Å². The van der Waals surface area contributed by atoms with E-state index < -0.39 is 11.9 Å². The van der Waals surface area contributed by atoms with E-state index >= 15 is 0 Å². The molecule has 0 aliphatic heterocycles. The lowest BCUT2D eigenvalue weighted by molar-refractivity contribution is -0.141. The summed E-state index contributed by atoms with van der Waals surface area (Å²) in [6.07, 6.45) is -4.61. The number of ether oxygens (including phenoxy) is 1. The first-order chi connectivity index (χ1) is 9.88. The maximum Gasteiger partial charge on any atom is 0.433 e. The quantitative estimate of drug-likeness (QED) is 0.645. The summed E-state index contributed by atoms with van der Waals surface area (Å²) < 4.78 is 44.1. The number of nitrogens with one attached hydrogen (secondary N) is 1. The fraction of sp³-hybridized carbons (Fsp3) is 0.167. The van der Waals surface area contributed by atoms with Crippen molar-refractivity contribution in [1.29, 1.82) is 0 Å². The Labute approximate surface area is 126 Å². The number of anilines is 1. The highest BCUT2D eigenvalue weighted by atomic mass is 79.9. The highest BCUT2D eigenvalue weighted by Crippen LogP contribution is 2.30. The Morgan fingerprint density at radius 1 is 1.24 bits per heavy atom. The van der Waals surface area contributed by atoms with Crippen molar-refractivity contribution >= 4 is 21.9 Å².